The lowest BCUT2D eigenvalue weighted by Gasteiger charge is -2.30. The Kier molecular flexibility index (Phi) is 6.45. The van der Waals surface area contributed by atoms with Crippen LogP contribution in [-0.4, -0.2) is 40.6 Å². The predicted molar refractivity (Wildman–Crippen MR) is 110 cm³/mol. The minimum absolute atomic E-state index is 0.0704. The largest absolute Gasteiger partial charge is 0.484 e. The fourth-order valence-corrected chi connectivity index (χ4v) is 3.43. The molecule has 1 aromatic heterocycles. The van der Waals surface area contributed by atoms with E-state index in [0.29, 0.717) is 30.6 Å². The van der Waals surface area contributed by atoms with Gasteiger partial charge in [-0.2, -0.15) is 4.98 Å². The second kappa shape index (κ2) is 9.59. The van der Waals surface area contributed by atoms with E-state index < -0.39 is 0 Å². The van der Waals surface area contributed by atoms with Gasteiger partial charge in [0.1, 0.15) is 17.3 Å². The average Bonchev–Trinajstić information content (AvgIpc) is 3.27. The summed E-state index contributed by atoms with van der Waals surface area (Å²) < 4.78 is 29.4. The van der Waals surface area contributed by atoms with Gasteiger partial charge < -0.3 is 18.9 Å². The van der Waals surface area contributed by atoms with E-state index in [-0.39, 0.29) is 30.9 Å². The van der Waals surface area contributed by atoms with Gasteiger partial charge in [-0.15, -0.1) is 0 Å². The highest BCUT2D eigenvalue weighted by Gasteiger charge is 2.27. The predicted octanol–water partition coefficient (Wildman–Crippen LogP) is 3.88. The number of hydrogen-bond donors (Lipinski definition) is 0. The molecule has 0 bridgehead atoms. The molecule has 0 spiro atoms. The molecule has 1 saturated heterocycles. The number of likely N-dealkylation sites (tertiary alicyclic amines) is 1. The molecule has 0 N–H and O–H groups in total. The second-order valence-corrected chi connectivity index (χ2v) is 7.55. The van der Waals surface area contributed by atoms with Crippen molar-refractivity contribution < 1.29 is 23.2 Å². The standard InChI is InChI=1S/C23H24FN3O4/c1-16-2-6-19(7-3-16)29-14-21-25-23(26-31-21)17-10-12-27(13-11-17)22(28)15-30-20-8-4-18(24)5-9-20/h2-9,17H,10-15H2,1H3. The fraction of sp³-hybridized carbons (Fsp3) is 0.348. The van der Waals surface area contributed by atoms with Crippen molar-refractivity contribution in [1.29, 1.82) is 0 Å². The Balaban J connectivity index is 1.22. The van der Waals surface area contributed by atoms with Gasteiger partial charge in [-0.25, -0.2) is 4.39 Å². The topological polar surface area (TPSA) is 77.7 Å². The first kappa shape index (κ1) is 20.8. The number of aryl methyl sites for hydroxylation is 1. The molecular formula is C23H24FN3O4. The Morgan fingerprint density at radius 2 is 1.71 bits per heavy atom. The number of amides is 1. The summed E-state index contributed by atoms with van der Waals surface area (Å²) in [5.41, 5.74) is 1.17. The highest BCUT2D eigenvalue weighted by atomic mass is 19.1. The summed E-state index contributed by atoms with van der Waals surface area (Å²) in [5, 5.41) is 4.09. The van der Waals surface area contributed by atoms with E-state index in [0.717, 1.165) is 18.6 Å². The van der Waals surface area contributed by atoms with Crippen LogP contribution >= 0.6 is 0 Å². The molecule has 0 aliphatic carbocycles. The Morgan fingerprint density at radius 1 is 1.06 bits per heavy atom. The van der Waals surface area contributed by atoms with E-state index >= 15 is 0 Å². The molecule has 0 atom stereocenters. The van der Waals surface area contributed by atoms with Crippen LogP contribution in [0.5, 0.6) is 11.5 Å². The van der Waals surface area contributed by atoms with Crippen molar-refractivity contribution in [3.05, 3.63) is 71.6 Å². The first-order valence-electron chi connectivity index (χ1n) is 10.2. The number of aromatic nitrogens is 2. The fourth-order valence-electron chi connectivity index (χ4n) is 3.43. The number of hydrogen-bond acceptors (Lipinski definition) is 6. The maximum Gasteiger partial charge on any atom is 0.264 e. The molecule has 0 unspecified atom stereocenters. The smallest absolute Gasteiger partial charge is 0.264 e. The van der Waals surface area contributed by atoms with Crippen LogP contribution < -0.4 is 9.47 Å². The van der Waals surface area contributed by atoms with Gasteiger partial charge in [-0.3, -0.25) is 4.79 Å². The third-order valence-electron chi connectivity index (χ3n) is 5.26. The summed E-state index contributed by atoms with van der Waals surface area (Å²) in [4.78, 5) is 18.6. The van der Waals surface area contributed by atoms with Crippen LogP contribution in [0.2, 0.25) is 0 Å². The van der Waals surface area contributed by atoms with Gasteiger partial charge in [0.25, 0.3) is 11.8 Å². The number of carbonyl (C=O) groups is 1. The van der Waals surface area contributed by atoms with Gasteiger partial charge in [0.05, 0.1) is 0 Å². The van der Waals surface area contributed by atoms with E-state index in [1.807, 2.05) is 31.2 Å². The third kappa shape index (κ3) is 5.59. The molecular weight excluding hydrogens is 401 g/mol. The summed E-state index contributed by atoms with van der Waals surface area (Å²) >= 11 is 0. The monoisotopic (exact) mass is 425 g/mol. The number of rotatable bonds is 7. The quantitative estimate of drug-likeness (QED) is 0.572. The highest BCUT2D eigenvalue weighted by Crippen LogP contribution is 2.26. The number of benzene rings is 2. The second-order valence-electron chi connectivity index (χ2n) is 7.55. The van der Waals surface area contributed by atoms with Gasteiger partial charge in [0, 0.05) is 19.0 Å². The molecule has 7 nitrogen and oxygen atoms in total. The summed E-state index contributed by atoms with van der Waals surface area (Å²) in [6.45, 7) is 3.36. The van der Waals surface area contributed by atoms with Crippen LogP contribution in [0.25, 0.3) is 0 Å². The van der Waals surface area contributed by atoms with Crippen LogP contribution in [0.15, 0.2) is 53.1 Å². The normalized spacial score (nSPS) is 14.5. The highest BCUT2D eigenvalue weighted by molar-refractivity contribution is 5.77. The maximum absolute atomic E-state index is 12.9. The van der Waals surface area contributed by atoms with Crippen molar-refractivity contribution in [2.24, 2.45) is 0 Å². The van der Waals surface area contributed by atoms with Crippen molar-refractivity contribution in [1.82, 2.24) is 15.0 Å². The number of carbonyl (C=O) groups excluding carboxylic acids is 1. The van der Waals surface area contributed by atoms with E-state index in [1.165, 1.54) is 29.8 Å². The van der Waals surface area contributed by atoms with Crippen molar-refractivity contribution in [2.75, 3.05) is 19.7 Å². The lowest BCUT2D eigenvalue weighted by Crippen LogP contribution is -2.40. The van der Waals surface area contributed by atoms with Gasteiger partial charge in [-0.05, 0) is 56.2 Å². The van der Waals surface area contributed by atoms with Crippen molar-refractivity contribution >= 4 is 5.91 Å². The van der Waals surface area contributed by atoms with Crippen LogP contribution in [0.3, 0.4) is 0 Å². The molecule has 2 aromatic carbocycles. The van der Waals surface area contributed by atoms with Crippen LogP contribution in [0, 0.1) is 12.7 Å². The first-order valence-corrected chi connectivity index (χ1v) is 10.2. The molecule has 0 radical (unpaired) electrons. The Hall–Kier alpha value is -3.42. The van der Waals surface area contributed by atoms with E-state index in [9.17, 15) is 9.18 Å². The SMILES string of the molecule is Cc1ccc(OCc2nc(C3CCN(C(=O)COc4ccc(F)cc4)CC3)no2)cc1. The van der Waals surface area contributed by atoms with Crippen molar-refractivity contribution in [3.63, 3.8) is 0 Å². The summed E-state index contributed by atoms with van der Waals surface area (Å²) in [7, 11) is 0. The lowest BCUT2D eigenvalue weighted by atomic mass is 9.96. The zero-order valence-electron chi connectivity index (χ0n) is 17.3. The first-order chi connectivity index (χ1) is 15.1. The molecule has 31 heavy (non-hydrogen) atoms. The van der Waals surface area contributed by atoms with Crippen LogP contribution in [0.1, 0.15) is 36.0 Å². The molecule has 8 heteroatoms. The zero-order valence-corrected chi connectivity index (χ0v) is 17.3. The average molecular weight is 425 g/mol. The molecule has 1 aliphatic heterocycles. The van der Waals surface area contributed by atoms with Crippen molar-refractivity contribution in [2.45, 2.75) is 32.3 Å². The lowest BCUT2D eigenvalue weighted by molar-refractivity contribution is -0.134. The molecule has 1 amide bonds. The van der Waals surface area contributed by atoms with Gasteiger partial charge in [0.2, 0.25) is 0 Å². The van der Waals surface area contributed by atoms with Crippen LogP contribution in [0.4, 0.5) is 4.39 Å². The Morgan fingerprint density at radius 3 is 2.42 bits per heavy atom. The van der Waals surface area contributed by atoms with E-state index in [4.69, 9.17) is 14.0 Å². The van der Waals surface area contributed by atoms with E-state index in [1.54, 1.807) is 4.90 Å². The molecule has 1 fully saturated rings. The summed E-state index contributed by atoms with van der Waals surface area (Å²) in [6, 6.07) is 13.4. The number of halogens is 1. The van der Waals surface area contributed by atoms with Gasteiger partial charge >= 0.3 is 0 Å². The zero-order chi connectivity index (χ0) is 21.6. The van der Waals surface area contributed by atoms with Crippen LogP contribution in [-0.2, 0) is 11.4 Å². The van der Waals surface area contributed by atoms with Gasteiger partial charge in [0.15, 0.2) is 19.0 Å². The third-order valence-corrected chi connectivity index (χ3v) is 5.26. The molecule has 3 aromatic rings. The minimum Gasteiger partial charge on any atom is -0.484 e. The summed E-state index contributed by atoms with van der Waals surface area (Å²) in [6.07, 6.45) is 1.50. The molecule has 1 aliphatic rings. The Bertz CT molecular complexity index is 996. The summed E-state index contributed by atoms with van der Waals surface area (Å²) in [5.74, 6) is 2.00. The molecule has 2 heterocycles. The van der Waals surface area contributed by atoms with Gasteiger partial charge in [-0.1, -0.05) is 22.9 Å². The number of piperidine rings is 1. The molecule has 162 valence electrons. The van der Waals surface area contributed by atoms with Crippen molar-refractivity contribution in [3.8, 4) is 11.5 Å². The number of nitrogens with zero attached hydrogens (tertiary/aromatic N) is 3. The minimum atomic E-state index is -0.341. The molecule has 0 saturated carbocycles. The number of ether oxygens (including phenoxy) is 2. The maximum atomic E-state index is 12.9. The molecule has 4 rings (SSSR count). The van der Waals surface area contributed by atoms with E-state index in [2.05, 4.69) is 10.1 Å². The Labute approximate surface area is 179 Å².